The van der Waals surface area contributed by atoms with Gasteiger partial charge in [0.15, 0.2) is 0 Å². The number of hydrogen-bond donors (Lipinski definition) is 1. The predicted octanol–water partition coefficient (Wildman–Crippen LogP) is 4.00. The van der Waals surface area contributed by atoms with Crippen molar-refractivity contribution >= 4 is 33.4 Å². The molecule has 0 spiro atoms. The molecule has 3 rings (SSSR count). The summed E-state index contributed by atoms with van der Waals surface area (Å²) in [4.78, 5) is 26.6. The number of nitrogens with zero attached hydrogens (tertiary/aromatic N) is 1. The first-order valence-electron chi connectivity index (χ1n) is 7.95. The smallest absolute Gasteiger partial charge is 0.229 e. The number of carbonyl (C=O) groups excluding carboxylic acids is 2. The highest BCUT2D eigenvalue weighted by Crippen LogP contribution is 2.29. The summed E-state index contributed by atoms with van der Waals surface area (Å²) in [5.41, 5.74) is 1.82. The minimum atomic E-state index is -0.313. The number of hydrogen-bond acceptors (Lipinski definition) is 2. The van der Waals surface area contributed by atoms with Crippen molar-refractivity contribution in [1.82, 2.24) is 4.90 Å². The van der Waals surface area contributed by atoms with E-state index in [9.17, 15) is 9.59 Å². The van der Waals surface area contributed by atoms with E-state index in [0.717, 1.165) is 15.7 Å². The van der Waals surface area contributed by atoms with Gasteiger partial charge in [-0.2, -0.15) is 0 Å². The van der Waals surface area contributed by atoms with Gasteiger partial charge in [0.25, 0.3) is 0 Å². The Labute approximate surface area is 150 Å². The van der Waals surface area contributed by atoms with Crippen LogP contribution in [0.3, 0.4) is 0 Å². The number of anilines is 1. The summed E-state index contributed by atoms with van der Waals surface area (Å²) in [7, 11) is 0. The molecule has 2 aromatic carbocycles. The zero-order valence-corrected chi connectivity index (χ0v) is 15.0. The van der Waals surface area contributed by atoms with E-state index in [0.29, 0.717) is 6.54 Å². The normalized spacial score (nSPS) is 18.5. The molecule has 1 N–H and O–H groups in total. The van der Waals surface area contributed by atoms with Crippen molar-refractivity contribution in [3.8, 4) is 0 Å². The molecule has 124 valence electrons. The van der Waals surface area contributed by atoms with Gasteiger partial charge in [-0.05, 0) is 36.8 Å². The monoisotopic (exact) mass is 386 g/mol. The Morgan fingerprint density at radius 3 is 2.50 bits per heavy atom. The number of nitrogens with one attached hydrogen (secondary N) is 1. The lowest BCUT2D eigenvalue weighted by atomic mass is 10.1. The van der Waals surface area contributed by atoms with Crippen LogP contribution in [-0.2, 0) is 9.59 Å². The molecule has 0 radical (unpaired) electrons. The van der Waals surface area contributed by atoms with E-state index in [2.05, 4.69) is 21.2 Å². The maximum Gasteiger partial charge on any atom is 0.229 e. The van der Waals surface area contributed by atoms with E-state index in [4.69, 9.17) is 0 Å². The fourth-order valence-electron chi connectivity index (χ4n) is 2.97. The lowest BCUT2D eigenvalue weighted by Gasteiger charge is -2.25. The van der Waals surface area contributed by atoms with Crippen molar-refractivity contribution in [3.63, 3.8) is 0 Å². The highest BCUT2D eigenvalue weighted by atomic mass is 79.9. The molecule has 2 amide bonds. The standard InChI is InChI=1S/C19H19BrN2O2/c1-13(14-5-3-2-4-6-14)22-12-15(11-18(22)23)19(24)21-17-9-7-16(20)8-10-17/h2-10,13,15H,11-12H2,1H3,(H,21,24)/t13-,15-/m0/s1. The van der Waals surface area contributed by atoms with Crippen molar-refractivity contribution in [3.05, 3.63) is 64.6 Å². The van der Waals surface area contributed by atoms with Gasteiger partial charge < -0.3 is 10.2 Å². The van der Waals surface area contributed by atoms with Crippen molar-refractivity contribution in [2.24, 2.45) is 5.92 Å². The fraction of sp³-hybridized carbons (Fsp3) is 0.263. The van der Waals surface area contributed by atoms with Crippen molar-refractivity contribution in [2.75, 3.05) is 11.9 Å². The Hall–Kier alpha value is -2.14. The SMILES string of the molecule is C[C@@H](c1ccccc1)N1C[C@@H](C(=O)Nc2ccc(Br)cc2)CC1=O. The maximum absolute atomic E-state index is 12.4. The Morgan fingerprint density at radius 1 is 1.17 bits per heavy atom. The summed E-state index contributed by atoms with van der Waals surface area (Å²) in [6.07, 6.45) is 0.263. The van der Waals surface area contributed by atoms with Crippen LogP contribution in [0.15, 0.2) is 59.1 Å². The van der Waals surface area contributed by atoms with Crippen molar-refractivity contribution in [1.29, 1.82) is 0 Å². The van der Waals surface area contributed by atoms with Crippen LogP contribution in [0.2, 0.25) is 0 Å². The zero-order valence-electron chi connectivity index (χ0n) is 13.4. The van der Waals surface area contributed by atoms with Gasteiger partial charge in [0.2, 0.25) is 11.8 Å². The topological polar surface area (TPSA) is 49.4 Å². The van der Waals surface area contributed by atoms with Crippen LogP contribution in [-0.4, -0.2) is 23.3 Å². The molecule has 2 atom stereocenters. The molecule has 24 heavy (non-hydrogen) atoms. The minimum absolute atomic E-state index is 0.0239. The van der Waals surface area contributed by atoms with Crippen LogP contribution in [0.4, 0.5) is 5.69 Å². The van der Waals surface area contributed by atoms with E-state index in [1.807, 2.05) is 61.5 Å². The average molecular weight is 387 g/mol. The number of benzene rings is 2. The third-order valence-electron chi connectivity index (χ3n) is 4.39. The third-order valence-corrected chi connectivity index (χ3v) is 4.92. The van der Waals surface area contributed by atoms with Gasteiger partial charge in [0.05, 0.1) is 12.0 Å². The van der Waals surface area contributed by atoms with Crippen molar-refractivity contribution < 1.29 is 9.59 Å². The first-order valence-corrected chi connectivity index (χ1v) is 8.75. The number of likely N-dealkylation sites (tertiary alicyclic amines) is 1. The second-order valence-corrected chi connectivity index (χ2v) is 6.95. The van der Waals surface area contributed by atoms with Crippen molar-refractivity contribution in [2.45, 2.75) is 19.4 Å². The molecule has 0 aliphatic carbocycles. The van der Waals surface area contributed by atoms with Crippen LogP contribution in [0.1, 0.15) is 24.9 Å². The average Bonchev–Trinajstić information content (AvgIpc) is 2.99. The highest BCUT2D eigenvalue weighted by Gasteiger charge is 2.36. The van der Waals surface area contributed by atoms with E-state index in [1.54, 1.807) is 4.90 Å². The van der Waals surface area contributed by atoms with Gasteiger partial charge in [-0.1, -0.05) is 46.3 Å². The van der Waals surface area contributed by atoms with Crippen LogP contribution < -0.4 is 5.32 Å². The molecule has 4 nitrogen and oxygen atoms in total. The Kier molecular flexibility index (Phi) is 5.00. The van der Waals surface area contributed by atoms with E-state index >= 15 is 0 Å². The van der Waals surface area contributed by atoms with E-state index < -0.39 is 0 Å². The molecule has 1 heterocycles. The second kappa shape index (κ2) is 7.18. The van der Waals surface area contributed by atoms with Gasteiger partial charge in [-0.25, -0.2) is 0 Å². The van der Waals surface area contributed by atoms with Gasteiger partial charge >= 0.3 is 0 Å². The van der Waals surface area contributed by atoms with Gasteiger partial charge in [0, 0.05) is 23.1 Å². The molecule has 0 aromatic heterocycles. The van der Waals surface area contributed by atoms with Crippen LogP contribution in [0.25, 0.3) is 0 Å². The zero-order chi connectivity index (χ0) is 17.1. The summed E-state index contributed by atoms with van der Waals surface area (Å²) in [6, 6.07) is 17.3. The molecule has 2 aromatic rings. The number of carbonyl (C=O) groups is 2. The quantitative estimate of drug-likeness (QED) is 0.862. The second-order valence-electron chi connectivity index (χ2n) is 6.03. The molecule has 1 fully saturated rings. The molecular formula is C19H19BrN2O2. The lowest BCUT2D eigenvalue weighted by Crippen LogP contribution is -2.30. The Bertz CT molecular complexity index is 731. The highest BCUT2D eigenvalue weighted by molar-refractivity contribution is 9.10. The summed E-state index contributed by atoms with van der Waals surface area (Å²) in [5.74, 6) is -0.386. The van der Waals surface area contributed by atoms with E-state index in [1.165, 1.54) is 0 Å². The first kappa shape index (κ1) is 16.7. The summed E-state index contributed by atoms with van der Waals surface area (Å²) in [6.45, 7) is 2.46. The van der Waals surface area contributed by atoms with Crippen LogP contribution in [0.5, 0.6) is 0 Å². The molecule has 0 saturated carbocycles. The van der Waals surface area contributed by atoms with Crippen LogP contribution in [0, 0.1) is 5.92 Å². The Balaban J connectivity index is 1.65. The molecule has 1 saturated heterocycles. The summed E-state index contributed by atoms with van der Waals surface area (Å²) < 4.78 is 0.958. The number of rotatable bonds is 4. The minimum Gasteiger partial charge on any atom is -0.335 e. The number of amides is 2. The van der Waals surface area contributed by atoms with Gasteiger partial charge in [-0.15, -0.1) is 0 Å². The molecule has 0 unspecified atom stereocenters. The molecule has 1 aliphatic rings. The molecule has 0 bridgehead atoms. The lowest BCUT2D eigenvalue weighted by molar-refractivity contribution is -0.129. The summed E-state index contributed by atoms with van der Waals surface area (Å²) >= 11 is 3.37. The van der Waals surface area contributed by atoms with Gasteiger partial charge in [-0.3, -0.25) is 9.59 Å². The maximum atomic E-state index is 12.4. The number of halogens is 1. The van der Waals surface area contributed by atoms with E-state index in [-0.39, 0.29) is 30.2 Å². The summed E-state index contributed by atoms with van der Waals surface area (Å²) in [5, 5.41) is 2.89. The third kappa shape index (κ3) is 3.67. The Morgan fingerprint density at radius 2 is 1.83 bits per heavy atom. The largest absolute Gasteiger partial charge is 0.335 e. The molecule has 5 heteroatoms. The fourth-order valence-corrected chi connectivity index (χ4v) is 3.23. The van der Waals surface area contributed by atoms with Crippen LogP contribution >= 0.6 is 15.9 Å². The molecule has 1 aliphatic heterocycles. The first-order chi connectivity index (χ1) is 11.5. The van der Waals surface area contributed by atoms with Gasteiger partial charge in [0.1, 0.15) is 0 Å². The molecular weight excluding hydrogens is 368 g/mol. The predicted molar refractivity (Wildman–Crippen MR) is 97.4 cm³/mol.